The number of nitrogens with two attached hydrogens (primary N) is 1. The normalized spacial score (nSPS) is 40.2. The summed E-state index contributed by atoms with van der Waals surface area (Å²) in [6.45, 7) is 2.16. The number of rotatable bonds is 1. The number of piperidine rings is 2. The average molecular weight is 251 g/mol. The molecule has 3 nitrogen and oxygen atoms in total. The van der Waals surface area contributed by atoms with E-state index in [-0.39, 0.29) is 12.5 Å². The van der Waals surface area contributed by atoms with Gasteiger partial charge in [0, 0.05) is 12.6 Å². The van der Waals surface area contributed by atoms with Crippen molar-refractivity contribution < 1.29 is 13.2 Å². The largest absolute Gasteiger partial charge is 0.403 e. The topological polar surface area (TPSA) is 50.1 Å². The molecule has 2 aliphatic rings. The molecule has 0 aromatic heterocycles. The van der Waals surface area contributed by atoms with Gasteiger partial charge in [-0.15, -0.1) is 0 Å². The number of halogens is 3. The maximum Gasteiger partial charge on any atom is 0.403 e. The molecule has 4 unspecified atom stereocenters. The summed E-state index contributed by atoms with van der Waals surface area (Å²) in [5.74, 6) is 0.656. The molecule has 4 N–H and O–H groups in total. The summed E-state index contributed by atoms with van der Waals surface area (Å²) in [5, 5.41) is 5.84. The van der Waals surface area contributed by atoms with Crippen LogP contribution in [0.1, 0.15) is 19.3 Å². The smallest absolute Gasteiger partial charge is 0.326 e. The van der Waals surface area contributed by atoms with Crippen LogP contribution >= 0.6 is 0 Å². The van der Waals surface area contributed by atoms with Gasteiger partial charge in [0.2, 0.25) is 0 Å². The van der Waals surface area contributed by atoms with Gasteiger partial charge in [0.1, 0.15) is 6.04 Å². The van der Waals surface area contributed by atoms with Gasteiger partial charge in [0.05, 0.1) is 0 Å². The van der Waals surface area contributed by atoms with E-state index in [0.717, 1.165) is 19.5 Å². The Morgan fingerprint density at radius 1 is 1.06 bits per heavy atom. The molecule has 2 rings (SSSR count). The predicted octanol–water partition coefficient (Wildman–Crippen LogP) is 0.854. The molecule has 4 atom stereocenters. The van der Waals surface area contributed by atoms with Crippen LogP contribution in [0.5, 0.6) is 0 Å². The maximum absolute atomic E-state index is 12.5. The fraction of sp³-hybridized carbons (Fsp3) is 1.00. The van der Waals surface area contributed by atoms with Crippen molar-refractivity contribution in [3.05, 3.63) is 0 Å². The Kier molecular flexibility index (Phi) is 3.95. The van der Waals surface area contributed by atoms with Gasteiger partial charge in [-0.05, 0) is 44.2 Å². The second-order valence-corrected chi connectivity index (χ2v) is 5.16. The number of nitrogens with one attached hydrogen (secondary N) is 2. The highest BCUT2D eigenvalue weighted by Gasteiger charge is 2.43. The first-order chi connectivity index (χ1) is 7.98. The quantitative estimate of drug-likeness (QED) is 0.647. The molecule has 0 radical (unpaired) electrons. The van der Waals surface area contributed by atoms with E-state index in [9.17, 15) is 13.2 Å². The van der Waals surface area contributed by atoms with Crippen molar-refractivity contribution in [2.45, 2.75) is 37.5 Å². The SMILES string of the molecule is NC1CNCCC1C1CCC(C(F)(F)F)NC1. The maximum atomic E-state index is 12.5. The molecular weight excluding hydrogens is 231 g/mol. The summed E-state index contributed by atoms with van der Waals surface area (Å²) in [4.78, 5) is 0. The number of hydrogen-bond acceptors (Lipinski definition) is 3. The first kappa shape index (κ1) is 13.1. The highest BCUT2D eigenvalue weighted by Crippen LogP contribution is 2.32. The standard InChI is InChI=1S/C11H20F3N3/c12-11(13,14)10-2-1-7(5-17-10)8-3-4-16-6-9(8)15/h7-10,16-17H,1-6,15H2. The van der Waals surface area contributed by atoms with Crippen LogP contribution in [-0.2, 0) is 0 Å². The van der Waals surface area contributed by atoms with E-state index in [0.29, 0.717) is 24.8 Å². The van der Waals surface area contributed by atoms with E-state index >= 15 is 0 Å². The van der Waals surface area contributed by atoms with Crippen molar-refractivity contribution in [1.29, 1.82) is 0 Å². The summed E-state index contributed by atoms with van der Waals surface area (Å²) in [6, 6.07) is -1.24. The third kappa shape index (κ3) is 3.11. The number of alkyl halides is 3. The minimum atomic E-state index is -4.11. The molecule has 0 bridgehead atoms. The minimum Gasteiger partial charge on any atom is -0.326 e. The van der Waals surface area contributed by atoms with Crippen LogP contribution in [-0.4, -0.2) is 37.9 Å². The molecule has 100 valence electrons. The van der Waals surface area contributed by atoms with E-state index in [1.807, 2.05) is 0 Å². The third-order valence-electron chi connectivity index (χ3n) is 4.04. The van der Waals surface area contributed by atoms with E-state index < -0.39 is 12.2 Å². The van der Waals surface area contributed by atoms with Crippen LogP contribution < -0.4 is 16.4 Å². The fourth-order valence-electron chi connectivity index (χ4n) is 3.01. The first-order valence-electron chi connectivity index (χ1n) is 6.25. The van der Waals surface area contributed by atoms with Gasteiger partial charge in [-0.25, -0.2) is 0 Å². The summed E-state index contributed by atoms with van der Waals surface area (Å²) >= 11 is 0. The van der Waals surface area contributed by atoms with Gasteiger partial charge in [-0.3, -0.25) is 0 Å². The molecular formula is C11H20F3N3. The Morgan fingerprint density at radius 3 is 2.35 bits per heavy atom. The molecule has 0 aromatic rings. The third-order valence-corrected chi connectivity index (χ3v) is 4.04. The second kappa shape index (κ2) is 5.12. The van der Waals surface area contributed by atoms with Gasteiger partial charge < -0.3 is 16.4 Å². The molecule has 17 heavy (non-hydrogen) atoms. The monoisotopic (exact) mass is 251 g/mol. The van der Waals surface area contributed by atoms with Crippen LogP contribution in [0, 0.1) is 11.8 Å². The Balaban J connectivity index is 1.86. The molecule has 0 spiro atoms. The second-order valence-electron chi connectivity index (χ2n) is 5.16. The summed E-state index contributed by atoms with van der Waals surface area (Å²) in [6.07, 6.45) is -2.31. The highest BCUT2D eigenvalue weighted by atomic mass is 19.4. The molecule has 6 heteroatoms. The summed E-state index contributed by atoms with van der Waals surface area (Å²) < 4.78 is 37.5. The van der Waals surface area contributed by atoms with Crippen molar-refractivity contribution in [1.82, 2.24) is 10.6 Å². The molecule has 2 saturated heterocycles. The lowest BCUT2D eigenvalue weighted by atomic mass is 9.77. The highest BCUT2D eigenvalue weighted by molar-refractivity contribution is 4.91. The fourth-order valence-corrected chi connectivity index (χ4v) is 3.01. The summed E-state index contributed by atoms with van der Waals surface area (Å²) in [5.41, 5.74) is 6.02. The Hall–Kier alpha value is -0.330. The van der Waals surface area contributed by atoms with Crippen molar-refractivity contribution in [3.8, 4) is 0 Å². The Morgan fingerprint density at radius 2 is 1.82 bits per heavy atom. The molecule has 2 aliphatic heterocycles. The summed E-state index contributed by atoms with van der Waals surface area (Å²) in [7, 11) is 0. The van der Waals surface area contributed by atoms with Gasteiger partial charge >= 0.3 is 6.18 Å². The van der Waals surface area contributed by atoms with Crippen molar-refractivity contribution in [2.75, 3.05) is 19.6 Å². The van der Waals surface area contributed by atoms with Gasteiger partial charge in [-0.1, -0.05) is 0 Å². The number of hydrogen-bond donors (Lipinski definition) is 3. The van der Waals surface area contributed by atoms with Crippen LogP contribution in [0.4, 0.5) is 13.2 Å². The van der Waals surface area contributed by atoms with Crippen LogP contribution in [0.3, 0.4) is 0 Å². The average Bonchev–Trinajstić information content (AvgIpc) is 2.29. The van der Waals surface area contributed by atoms with E-state index in [4.69, 9.17) is 5.73 Å². The van der Waals surface area contributed by atoms with Crippen LogP contribution in [0.15, 0.2) is 0 Å². The van der Waals surface area contributed by atoms with Gasteiger partial charge in [0.15, 0.2) is 0 Å². The van der Waals surface area contributed by atoms with Crippen LogP contribution in [0.25, 0.3) is 0 Å². The first-order valence-corrected chi connectivity index (χ1v) is 6.25. The zero-order valence-corrected chi connectivity index (χ0v) is 9.76. The molecule has 2 fully saturated rings. The Labute approximate surface area is 99.3 Å². The lowest BCUT2D eigenvalue weighted by Crippen LogP contribution is -2.54. The van der Waals surface area contributed by atoms with Crippen molar-refractivity contribution >= 4 is 0 Å². The Bertz CT molecular complexity index is 249. The van der Waals surface area contributed by atoms with Gasteiger partial charge in [0.25, 0.3) is 0 Å². The van der Waals surface area contributed by atoms with Crippen molar-refractivity contribution in [3.63, 3.8) is 0 Å². The minimum absolute atomic E-state index is 0.0815. The van der Waals surface area contributed by atoms with Crippen molar-refractivity contribution in [2.24, 2.45) is 17.6 Å². The molecule has 2 heterocycles. The lowest BCUT2D eigenvalue weighted by Gasteiger charge is -2.40. The van der Waals surface area contributed by atoms with Gasteiger partial charge in [-0.2, -0.15) is 13.2 Å². The lowest BCUT2D eigenvalue weighted by molar-refractivity contribution is -0.163. The van der Waals surface area contributed by atoms with E-state index in [1.165, 1.54) is 0 Å². The van der Waals surface area contributed by atoms with E-state index in [1.54, 1.807) is 0 Å². The molecule has 0 amide bonds. The predicted molar refractivity (Wildman–Crippen MR) is 59.5 cm³/mol. The zero-order valence-electron chi connectivity index (χ0n) is 9.76. The molecule has 0 saturated carbocycles. The molecule has 0 aromatic carbocycles. The van der Waals surface area contributed by atoms with Crippen LogP contribution in [0.2, 0.25) is 0 Å². The molecule has 0 aliphatic carbocycles. The zero-order chi connectivity index (χ0) is 12.5. The van der Waals surface area contributed by atoms with E-state index in [2.05, 4.69) is 10.6 Å².